The van der Waals surface area contributed by atoms with E-state index >= 15 is 0 Å². The van der Waals surface area contributed by atoms with E-state index in [4.69, 9.17) is 23.2 Å². The first-order valence-electron chi connectivity index (χ1n) is 6.49. The van der Waals surface area contributed by atoms with Crippen LogP contribution in [0.5, 0.6) is 0 Å². The van der Waals surface area contributed by atoms with Crippen LogP contribution in [0.4, 0.5) is 5.69 Å². The van der Waals surface area contributed by atoms with Crippen LogP contribution in [0.25, 0.3) is 0 Å². The minimum atomic E-state index is -0.0500. The molecule has 0 atom stereocenters. The highest BCUT2D eigenvalue weighted by molar-refractivity contribution is 6.42. The van der Waals surface area contributed by atoms with Crippen LogP contribution in [0.3, 0.4) is 0 Å². The van der Waals surface area contributed by atoms with Gasteiger partial charge in [0.15, 0.2) is 0 Å². The fourth-order valence-electron chi connectivity index (χ4n) is 2.08. The monoisotopic (exact) mass is 322 g/mol. The minimum absolute atomic E-state index is 0.0500. The second kappa shape index (κ2) is 6.83. The molecule has 2 aromatic carbocycles. The molecule has 0 saturated heterocycles. The number of carbonyl (C=O) groups is 1. The molecule has 0 radical (unpaired) electrons. The first-order chi connectivity index (χ1) is 10.0. The summed E-state index contributed by atoms with van der Waals surface area (Å²) in [7, 11) is 3.56. The number of nitrogens with one attached hydrogen (secondary N) is 1. The molecular weight excluding hydrogens is 307 g/mol. The van der Waals surface area contributed by atoms with E-state index in [1.54, 1.807) is 37.2 Å². The molecule has 0 heterocycles. The highest BCUT2D eigenvalue weighted by atomic mass is 35.5. The number of carbonyl (C=O) groups excluding carboxylic acids is 1. The van der Waals surface area contributed by atoms with Crippen molar-refractivity contribution in [2.24, 2.45) is 0 Å². The molecule has 0 spiro atoms. The number of rotatable bonds is 4. The van der Waals surface area contributed by atoms with Gasteiger partial charge >= 0.3 is 0 Å². The predicted molar refractivity (Wildman–Crippen MR) is 88.2 cm³/mol. The van der Waals surface area contributed by atoms with E-state index in [9.17, 15) is 4.79 Å². The van der Waals surface area contributed by atoms with Crippen LogP contribution in [0, 0.1) is 0 Å². The van der Waals surface area contributed by atoms with Crippen molar-refractivity contribution in [2.45, 2.75) is 6.54 Å². The summed E-state index contributed by atoms with van der Waals surface area (Å²) in [6.07, 6.45) is 0. The summed E-state index contributed by atoms with van der Waals surface area (Å²) >= 11 is 11.9. The molecule has 0 saturated carbocycles. The van der Waals surface area contributed by atoms with Crippen molar-refractivity contribution >= 4 is 34.8 Å². The molecule has 2 rings (SSSR count). The third-order valence-corrected chi connectivity index (χ3v) is 3.92. The first kappa shape index (κ1) is 15.7. The van der Waals surface area contributed by atoms with Crippen molar-refractivity contribution in [3.05, 3.63) is 63.6 Å². The zero-order valence-electron chi connectivity index (χ0n) is 11.9. The van der Waals surface area contributed by atoms with E-state index in [2.05, 4.69) is 5.32 Å². The molecule has 0 aliphatic rings. The molecular formula is C16H16Cl2N2O. The number of halogens is 2. The quantitative estimate of drug-likeness (QED) is 0.909. The van der Waals surface area contributed by atoms with Crippen LogP contribution in [0.15, 0.2) is 42.5 Å². The molecule has 0 fully saturated rings. The Morgan fingerprint density at radius 1 is 1.14 bits per heavy atom. The lowest BCUT2D eigenvalue weighted by Gasteiger charge is -2.19. The maximum absolute atomic E-state index is 12.5. The molecule has 110 valence electrons. The smallest absolute Gasteiger partial charge is 0.255 e. The Labute approximate surface area is 134 Å². The minimum Gasteiger partial charge on any atom is -0.387 e. The maximum Gasteiger partial charge on any atom is 0.255 e. The molecule has 0 aliphatic heterocycles. The van der Waals surface area contributed by atoms with Gasteiger partial charge in [0.25, 0.3) is 5.91 Å². The Kier molecular flexibility index (Phi) is 5.10. The van der Waals surface area contributed by atoms with E-state index in [-0.39, 0.29) is 5.91 Å². The van der Waals surface area contributed by atoms with E-state index in [0.29, 0.717) is 22.2 Å². The van der Waals surface area contributed by atoms with E-state index < -0.39 is 0 Å². The Balaban J connectivity index is 2.17. The molecule has 1 N–H and O–H groups in total. The summed E-state index contributed by atoms with van der Waals surface area (Å²) in [6, 6.07) is 12.8. The average molecular weight is 323 g/mol. The molecule has 3 nitrogen and oxygen atoms in total. The Morgan fingerprint density at radius 3 is 2.52 bits per heavy atom. The van der Waals surface area contributed by atoms with Crippen molar-refractivity contribution < 1.29 is 4.79 Å². The SMILES string of the molecule is CNc1ccccc1C(=O)N(C)Cc1ccc(Cl)c(Cl)c1. The van der Waals surface area contributed by atoms with E-state index in [1.807, 2.05) is 24.3 Å². The van der Waals surface area contributed by atoms with Gasteiger partial charge in [-0.25, -0.2) is 0 Å². The van der Waals surface area contributed by atoms with Crippen LogP contribution in [-0.4, -0.2) is 24.9 Å². The van der Waals surface area contributed by atoms with E-state index in [0.717, 1.165) is 11.3 Å². The fourth-order valence-corrected chi connectivity index (χ4v) is 2.40. The van der Waals surface area contributed by atoms with Crippen molar-refractivity contribution in [1.29, 1.82) is 0 Å². The van der Waals surface area contributed by atoms with Gasteiger partial charge in [0, 0.05) is 26.3 Å². The van der Waals surface area contributed by atoms with Crippen molar-refractivity contribution in [2.75, 3.05) is 19.4 Å². The van der Waals surface area contributed by atoms with Crippen LogP contribution >= 0.6 is 23.2 Å². The van der Waals surface area contributed by atoms with Gasteiger partial charge in [0.05, 0.1) is 15.6 Å². The zero-order chi connectivity index (χ0) is 15.4. The van der Waals surface area contributed by atoms with Gasteiger partial charge in [-0.3, -0.25) is 4.79 Å². The second-order valence-corrected chi connectivity index (χ2v) is 5.52. The number of hydrogen-bond acceptors (Lipinski definition) is 2. The van der Waals surface area contributed by atoms with Gasteiger partial charge in [0.2, 0.25) is 0 Å². The van der Waals surface area contributed by atoms with E-state index in [1.165, 1.54) is 0 Å². The standard InChI is InChI=1S/C16H16Cl2N2O/c1-19-15-6-4-3-5-12(15)16(21)20(2)10-11-7-8-13(17)14(18)9-11/h3-9,19H,10H2,1-2H3. The first-order valence-corrected chi connectivity index (χ1v) is 7.24. The summed E-state index contributed by atoms with van der Waals surface area (Å²) in [6.45, 7) is 0.466. The number of hydrogen-bond donors (Lipinski definition) is 1. The molecule has 1 amide bonds. The maximum atomic E-state index is 12.5. The van der Waals surface area contributed by atoms with Crippen LogP contribution < -0.4 is 5.32 Å². The Morgan fingerprint density at radius 2 is 1.86 bits per heavy atom. The summed E-state index contributed by atoms with van der Waals surface area (Å²) in [5.74, 6) is -0.0500. The number of anilines is 1. The predicted octanol–water partition coefficient (Wildman–Crippen LogP) is 4.31. The Hall–Kier alpha value is -1.71. The van der Waals surface area contributed by atoms with Crippen molar-refractivity contribution in [3.8, 4) is 0 Å². The highest BCUT2D eigenvalue weighted by Gasteiger charge is 2.15. The molecule has 0 aliphatic carbocycles. The van der Waals surface area contributed by atoms with Crippen LogP contribution in [0.1, 0.15) is 15.9 Å². The van der Waals surface area contributed by atoms with Crippen molar-refractivity contribution in [1.82, 2.24) is 4.90 Å². The lowest BCUT2D eigenvalue weighted by Crippen LogP contribution is -2.26. The third kappa shape index (κ3) is 3.69. The number of benzene rings is 2. The van der Waals surface area contributed by atoms with Gasteiger partial charge in [-0.05, 0) is 29.8 Å². The number of para-hydroxylation sites is 1. The van der Waals surface area contributed by atoms with Crippen LogP contribution in [0.2, 0.25) is 10.0 Å². The van der Waals surface area contributed by atoms with Gasteiger partial charge in [0.1, 0.15) is 0 Å². The molecule has 2 aromatic rings. The molecule has 5 heteroatoms. The summed E-state index contributed by atoms with van der Waals surface area (Å²) < 4.78 is 0. The third-order valence-electron chi connectivity index (χ3n) is 3.18. The topological polar surface area (TPSA) is 32.3 Å². The largest absolute Gasteiger partial charge is 0.387 e. The average Bonchev–Trinajstić information content (AvgIpc) is 2.50. The Bertz CT molecular complexity index is 658. The van der Waals surface area contributed by atoms with Gasteiger partial charge in [-0.2, -0.15) is 0 Å². The normalized spacial score (nSPS) is 10.3. The van der Waals surface area contributed by atoms with Gasteiger partial charge < -0.3 is 10.2 Å². The lowest BCUT2D eigenvalue weighted by atomic mass is 10.1. The molecule has 21 heavy (non-hydrogen) atoms. The van der Waals surface area contributed by atoms with Gasteiger partial charge in [-0.15, -0.1) is 0 Å². The van der Waals surface area contributed by atoms with Gasteiger partial charge in [-0.1, -0.05) is 41.4 Å². The highest BCUT2D eigenvalue weighted by Crippen LogP contribution is 2.24. The second-order valence-electron chi connectivity index (χ2n) is 4.71. The van der Waals surface area contributed by atoms with Crippen molar-refractivity contribution in [3.63, 3.8) is 0 Å². The number of amides is 1. The molecule has 0 unspecified atom stereocenters. The molecule has 0 aromatic heterocycles. The zero-order valence-corrected chi connectivity index (χ0v) is 13.4. The number of nitrogens with zero attached hydrogens (tertiary/aromatic N) is 1. The van der Waals surface area contributed by atoms with Crippen LogP contribution in [-0.2, 0) is 6.54 Å². The summed E-state index contributed by atoms with van der Waals surface area (Å²) in [5, 5.41) is 4.03. The lowest BCUT2D eigenvalue weighted by molar-refractivity contribution is 0.0786. The fraction of sp³-hybridized carbons (Fsp3) is 0.188. The summed E-state index contributed by atoms with van der Waals surface area (Å²) in [5.41, 5.74) is 2.38. The molecule has 0 bridgehead atoms. The summed E-state index contributed by atoms with van der Waals surface area (Å²) in [4.78, 5) is 14.2.